The third-order valence-electron chi connectivity index (χ3n) is 5.25. The van der Waals surface area contributed by atoms with Crippen LogP contribution in [0.25, 0.3) is 5.57 Å². The summed E-state index contributed by atoms with van der Waals surface area (Å²) in [6, 6.07) is 29.9. The highest BCUT2D eigenvalue weighted by molar-refractivity contribution is 5.78. The Balaban J connectivity index is 1.94. The lowest BCUT2D eigenvalue weighted by Crippen LogP contribution is -2.29. The molecule has 0 bridgehead atoms. The normalized spacial score (nSPS) is 16.5. The minimum Gasteiger partial charge on any atom is -0.357 e. The van der Waals surface area contributed by atoms with Crippen molar-refractivity contribution in [1.29, 1.82) is 0 Å². The van der Waals surface area contributed by atoms with E-state index in [-0.39, 0.29) is 10.6 Å². The van der Waals surface area contributed by atoms with Crippen LogP contribution in [-0.2, 0) is 6.42 Å². The Labute approximate surface area is 170 Å². The maximum Gasteiger partial charge on any atom is 0.276 e. The number of dihydropyridines is 1. The number of nitrogens with one attached hydrogen (secondary N) is 1. The lowest BCUT2D eigenvalue weighted by Gasteiger charge is -2.29. The van der Waals surface area contributed by atoms with Crippen LogP contribution in [-0.4, -0.2) is 4.92 Å². The van der Waals surface area contributed by atoms with Crippen LogP contribution in [0, 0.1) is 10.1 Å². The van der Waals surface area contributed by atoms with Gasteiger partial charge in [-0.1, -0.05) is 91.0 Å². The van der Waals surface area contributed by atoms with Gasteiger partial charge in [-0.3, -0.25) is 10.1 Å². The first-order valence-corrected chi connectivity index (χ1v) is 9.64. The summed E-state index contributed by atoms with van der Waals surface area (Å²) in [6.07, 6.45) is 0.677. The zero-order chi connectivity index (χ0) is 20.2. The van der Waals surface area contributed by atoms with Gasteiger partial charge in [-0.2, -0.15) is 0 Å². The van der Waals surface area contributed by atoms with Crippen LogP contribution in [0.2, 0.25) is 0 Å². The minimum absolute atomic E-state index is 0.201. The summed E-state index contributed by atoms with van der Waals surface area (Å²) >= 11 is 0. The summed E-state index contributed by atoms with van der Waals surface area (Å²) < 4.78 is 0. The van der Waals surface area contributed by atoms with Crippen molar-refractivity contribution in [3.8, 4) is 0 Å². The molecule has 0 saturated heterocycles. The van der Waals surface area contributed by atoms with E-state index >= 15 is 0 Å². The summed E-state index contributed by atoms with van der Waals surface area (Å²) in [5.74, 6) is -0.437. The number of nitro groups is 1. The standard InChI is InChI=1S/C25H22N2O2/c1-18-25(27(28)29)24(21-15-9-4-10-16-21)23(20-13-7-3-8-14-20)22(26-18)17-19-11-5-2-6-12-19/h2-16,24,26H,17H2,1H3. The van der Waals surface area contributed by atoms with Crippen LogP contribution in [0.15, 0.2) is 108 Å². The average Bonchev–Trinajstić information content (AvgIpc) is 2.75. The lowest BCUT2D eigenvalue weighted by atomic mass is 9.79. The Kier molecular flexibility index (Phi) is 5.25. The molecule has 1 unspecified atom stereocenters. The second kappa shape index (κ2) is 8.15. The molecule has 4 rings (SSSR count). The molecule has 29 heavy (non-hydrogen) atoms. The molecular formula is C25H22N2O2. The number of hydrogen-bond donors (Lipinski definition) is 1. The number of allylic oxidation sites excluding steroid dienone is 3. The van der Waals surface area contributed by atoms with E-state index in [9.17, 15) is 10.1 Å². The Morgan fingerprint density at radius 3 is 2.00 bits per heavy atom. The Bertz CT molecular complexity index is 1070. The SMILES string of the molecule is CC1=C([N+](=O)[O-])C(c2ccccc2)C(c2ccccc2)=C(Cc2ccccc2)N1. The number of hydrogen-bond acceptors (Lipinski definition) is 3. The monoisotopic (exact) mass is 382 g/mol. The molecule has 1 N–H and O–H groups in total. The molecule has 3 aromatic rings. The number of rotatable bonds is 5. The Morgan fingerprint density at radius 1 is 0.862 bits per heavy atom. The first-order valence-electron chi connectivity index (χ1n) is 9.64. The molecule has 0 amide bonds. The molecule has 0 saturated carbocycles. The quantitative estimate of drug-likeness (QED) is 0.466. The molecule has 0 radical (unpaired) electrons. The van der Waals surface area contributed by atoms with Crippen molar-refractivity contribution >= 4 is 5.57 Å². The fourth-order valence-electron chi connectivity index (χ4n) is 4.00. The minimum atomic E-state index is -0.437. The molecule has 0 fully saturated rings. The molecule has 144 valence electrons. The summed E-state index contributed by atoms with van der Waals surface area (Å²) in [7, 11) is 0. The highest BCUT2D eigenvalue weighted by Crippen LogP contribution is 2.43. The van der Waals surface area contributed by atoms with Crippen molar-refractivity contribution in [3.05, 3.63) is 135 Å². The molecule has 0 spiro atoms. The third kappa shape index (κ3) is 3.83. The van der Waals surface area contributed by atoms with Gasteiger partial charge in [0.25, 0.3) is 5.70 Å². The fraction of sp³-hybridized carbons (Fsp3) is 0.120. The fourth-order valence-corrected chi connectivity index (χ4v) is 4.00. The highest BCUT2D eigenvalue weighted by atomic mass is 16.6. The van der Waals surface area contributed by atoms with Crippen LogP contribution < -0.4 is 5.32 Å². The van der Waals surface area contributed by atoms with Crippen molar-refractivity contribution in [3.63, 3.8) is 0 Å². The van der Waals surface area contributed by atoms with Crippen LogP contribution in [0.4, 0.5) is 0 Å². The van der Waals surface area contributed by atoms with Crippen molar-refractivity contribution in [2.75, 3.05) is 0 Å². The van der Waals surface area contributed by atoms with Crippen molar-refractivity contribution < 1.29 is 4.92 Å². The van der Waals surface area contributed by atoms with E-state index in [0.717, 1.165) is 28.0 Å². The smallest absolute Gasteiger partial charge is 0.276 e. The van der Waals surface area contributed by atoms with Gasteiger partial charge in [0.05, 0.1) is 10.6 Å². The van der Waals surface area contributed by atoms with E-state index < -0.39 is 5.92 Å². The van der Waals surface area contributed by atoms with Gasteiger partial charge in [0.2, 0.25) is 0 Å². The Hall–Kier alpha value is -3.66. The zero-order valence-corrected chi connectivity index (χ0v) is 16.2. The Morgan fingerprint density at radius 2 is 1.41 bits per heavy atom. The van der Waals surface area contributed by atoms with E-state index in [2.05, 4.69) is 17.4 Å². The molecule has 0 aliphatic carbocycles. The zero-order valence-electron chi connectivity index (χ0n) is 16.2. The molecule has 1 heterocycles. The first kappa shape index (κ1) is 18.7. The second-order valence-corrected chi connectivity index (χ2v) is 7.16. The van der Waals surface area contributed by atoms with E-state index in [1.807, 2.05) is 78.9 Å². The predicted octanol–water partition coefficient (Wildman–Crippen LogP) is 5.54. The van der Waals surface area contributed by atoms with Gasteiger partial charge in [-0.15, -0.1) is 0 Å². The lowest BCUT2D eigenvalue weighted by molar-refractivity contribution is -0.430. The van der Waals surface area contributed by atoms with Crippen molar-refractivity contribution in [2.45, 2.75) is 19.3 Å². The summed E-state index contributed by atoms with van der Waals surface area (Å²) in [4.78, 5) is 11.8. The van der Waals surface area contributed by atoms with Crippen molar-refractivity contribution in [1.82, 2.24) is 5.32 Å². The number of benzene rings is 3. The maximum absolute atomic E-state index is 12.1. The summed E-state index contributed by atoms with van der Waals surface area (Å²) in [5.41, 5.74) is 5.82. The molecule has 4 nitrogen and oxygen atoms in total. The predicted molar refractivity (Wildman–Crippen MR) is 116 cm³/mol. The van der Waals surface area contributed by atoms with Crippen LogP contribution in [0.3, 0.4) is 0 Å². The van der Waals surface area contributed by atoms with Gasteiger partial charge in [0.1, 0.15) is 5.92 Å². The summed E-state index contributed by atoms with van der Waals surface area (Å²) in [5, 5.41) is 15.4. The highest BCUT2D eigenvalue weighted by Gasteiger charge is 2.38. The topological polar surface area (TPSA) is 55.2 Å². The van der Waals surface area contributed by atoms with E-state index in [0.29, 0.717) is 12.1 Å². The van der Waals surface area contributed by atoms with Crippen LogP contribution in [0.5, 0.6) is 0 Å². The van der Waals surface area contributed by atoms with Gasteiger partial charge in [-0.05, 0) is 29.2 Å². The molecule has 0 aromatic heterocycles. The largest absolute Gasteiger partial charge is 0.357 e. The molecular weight excluding hydrogens is 360 g/mol. The summed E-state index contributed by atoms with van der Waals surface area (Å²) in [6.45, 7) is 1.79. The van der Waals surface area contributed by atoms with Gasteiger partial charge in [0.15, 0.2) is 0 Å². The van der Waals surface area contributed by atoms with Gasteiger partial charge in [-0.25, -0.2) is 0 Å². The van der Waals surface area contributed by atoms with Crippen molar-refractivity contribution in [2.24, 2.45) is 0 Å². The van der Waals surface area contributed by atoms with E-state index in [1.54, 1.807) is 6.92 Å². The van der Waals surface area contributed by atoms with Gasteiger partial charge < -0.3 is 5.32 Å². The van der Waals surface area contributed by atoms with Crippen LogP contribution in [0.1, 0.15) is 29.5 Å². The average molecular weight is 382 g/mol. The molecule has 1 atom stereocenters. The van der Waals surface area contributed by atoms with Gasteiger partial charge >= 0.3 is 0 Å². The van der Waals surface area contributed by atoms with E-state index in [4.69, 9.17) is 0 Å². The van der Waals surface area contributed by atoms with Crippen LogP contribution >= 0.6 is 0 Å². The maximum atomic E-state index is 12.1. The molecule has 1 aliphatic heterocycles. The van der Waals surface area contributed by atoms with E-state index in [1.165, 1.54) is 0 Å². The number of nitrogens with zero attached hydrogens (tertiary/aromatic N) is 1. The second-order valence-electron chi connectivity index (χ2n) is 7.16. The molecule has 4 heteroatoms. The van der Waals surface area contributed by atoms with Gasteiger partial charge in [0, 0.05) is 12.1 Å². The first-order chi connectivity index (χ1) is 14.1. The third-order valence-corrected chi connectivity index (χ3v) is 5.25. The molecule has 3 aromatic carbocycles. The molecule has 1 aliphatic rings.